The van der Waals surface area contributed by atoms with Gasteiger partial charge in [0.1, 0.15) is 6.04 Å². The Labute approximate surface area is 165 Å². The first kappa shape index (κ1) is 19.3. The number of rotatable bonds is 5. The van der Waals surface area contributed by atoms with E-state index in [0.717, 1.165) is 6.42 Å². The largest absolute Gasteiger partial charge is 0.461 e. The van der Waals surface area contributed by atoms with Crippen LogP contribution in [0.3, 0.4) is 0 Å². The van der Waals surface area contributed by atoms with E-state index < -0.39 is 12.0 Å². The van der Waals surface area contributed by atoms with Crippen LogP contribution >= 0.6 is 31.9 Å². The van der Waals surface area contributed by atoms with E-state index in [2.05, 4.69) is 31.9 Å². The van der Waals surface area contributed by atoms with Gasteiger partial charge in [0, 0.05) is 9.65 Å². The van der Waals surface area contributed by atoms with E-state index in [1.165, 1.54) is 4.90 Å². The molecule has 0 N–H and O–H groups in total. The van der Waals surface area contributed by atoms with Crippen LogP contribution in [0.5, 0.6) is 0 Å². The molecule has 0 aromatic rings. The molecule has 7 heteroatoms. The molecule has 25 heavy (non-hydrogen) atoms. The normalized spacial score (nSPS) is 38.0. The Kier molecular flexibility index (Phi) is 5.37. The van der Waals surface area contributed by atoms with Crippen molar-refractivity contribution < 1.29 is 19.1 Å². The minimum atomic E-state index is -0.810. The molecule has 2 aliphatic carbocycles. The second-order valence-electron chi connectivity index (χ2n) is 8.18. The molecule has 0 aromatic carbocycles. The first-order valence-electron chi connectivity index (χ1n) is 9.00. The number of fused-ring (bicyclic) bond motifs is 5. The number of likely N-dealkylation sites (tertiary alicyclic amines) is 1. The molecule has 2 amide bonds. The van der Waals surface area contributed by atoms with Gasteiger partial charge in [0.15, 0.2) is 0 Å². The van der Waals surface area contributed by atoms with Crippen LogP contribution in [-0.4, -0.2) is 44.5 Å². The molecule has 1 aliphatic heterocycles. The summed E-state index contributed by atoms with van der Waals surface area (Å²) in [6.07, 6.45) is 1.05. The lowest BCUT2D eigenvalue weighted by Gasteiger charge is -2.28. The van der Waals surface area contributed by atoms with E-state index in [4.69, 9.17) is 4.74 Å². The maximum absolute atomic E-state index is 13.1. The van der Waals surface area contributed by atoms with Crippen molar-refractivity contribution in [2.75, 3.05) is 0 Å². The third-order valence-electron chi connectivity index (χ3n) is 5.65. The summed E-state index contributed by atoms with van der Waals surface area (Å²) in [7, 11) is 0. The number of hydrogen-bond donors (Lipinski definition) is 0. The number of ether oxygens (including phenoxy) is 1. The first-order chi connectivity index (χ1) is 11.6. The van der Waals surface area contributed by atoms with Gasteiger partial charge in [-0.3, -0.25) is 14.5 Å². The first-order valence-corrected chi connectivity index (χ1v) is 10.8. The quantitative estimate of drug-likeness (QED) is 0.346. The number of alkyl halides is 2. The van der Waals surface area contributed by atoms with Crippen LogP contribution in [0.1, 0.15) is 40.5 Å². The van der Waals surface area contributed by atoms with E-state index in [9.17, 15) is 14.4 Å². The lowest BCUT2D eigenvalue weighted by atomic mass is 9.81. The zero-order chi connectivity index (χ0) is 18.6. The van der Waals surface area contributed by atoms with Gasteiger partial charge in [0.25, 0.3) is 0 Å². The second kappa shape index (κ2) is 6.95. The summed E-state index contributed by atoms with van der Waals surface area (Å²) < 4.78 is 5.35. The maximum atomic E-state index is 13.1. The van der Waals surface area contributed by atoms with Crippen LogP contribution in [0, 0.1) is 29.6 Å². The fourth-order valence-electron chi connectivity index (χ4n) is 4.74. The summed E-state index contributed by atoms with van der Waals surface area (Å²) in [5.41, 5.74) is 0. The highest BCUT2D eigenvalue weighted by Gasteiger charge is 2.67. The Hall–Kier alpha value is -0.430. The molecule has 3 fully saturated rings. The van der Waals surface area contributed by atoms with Gasteiger partial charge in [-0.2, -0.15) is 0 Å². The molecule has 0 spiro atoms. The van der Waals surface area contributed by atoms with Crippen molar-refractivity contribution in [1.82, 2.24) is 4.90 Å². The molecule has 1 heterocycles. The van der Waals surface area contributed by atoms with Crippen LogP contribution in [-0.2, 0) is 19.1 Å². The summed E-state index contributed by atoms with van der Waals surface area (Å²) >= 11 is 7.37. The van der Waals surface area contributed by atoms with E-state index in [-0.39, 0.29) is 57.2 Å². The Morgan fingerprint density at radius 3 is 1.96 bits per heavy atom. The second-order valence-corrected chi connectivity index (χ2v) is 10.3. The average Bonchev–Trinajstić information content (AvgIpc) is 3.09. The smallest absolute Gasteiger partial charge is 0.329 e. The highest BCUT2D eigenvalue weighted by molar-refractivity contribution is 9.12. The van der Waals surface area contributed by atoms with Gasteiger partial charge in [-0.05, 0) is 44.4 Å². The molecule has 0 aromatic heterocycles. The number of imide groups is 1. The molecule has 5 nitrogen and oxygen atoms in total. The van der Waals surface area contributed by atoms with Gasteiger partial charge in [0.2, 0.25) is 11.8 Å². The molecular formula is C18H25Br2NO4. The Morgan fingerprint density at radius 1 is 1.08 bits per heavy atom. The highest BCUT2D eigenvalue weighted by atomic mass is 79.9. The monoisotopic (exact) mass is 477 g/mol. The number of halogens is 2. The molecule has 7 atom stereocenters. The molecule has 0 unspecified atom stereocenters. The van der Waals surface area contributed by atoms with Crippen molar-refractivity contribution in [3.63, 3.8) is 0 Å². The molecule has 1 saturated heterocycles. The third kappa shape index (κ3) is 3.09. The van der Waals surface area contributed by atoms with Crippen LogP contribution in [0.4, 0.5) is 0 Å². The summed E-state index contributed by atoms with van der Waals surface area (Å²) in [6, 6.07) is -0.810. The molecular weight excluding hydrogens is 454 g/mol. The number of nitrogens with zero attached hydrogens (tertiary/aromatic N) is 1. The van der Waals surface area contributed by atoms with E-state index in [0.29, 0.717) is 6.42 Å². The van der Waals surface area contributed by atoms with Crippen LogP contribution in [0.25, 0.3) is 0 Å². The Balaban J connectivity index is 1.89. The van der Waals surface area contributed by atoms with Gasteiger partial charge in [-0.1, -0.05) is 45.7 Å². The minimum absolute atomic E-state index is 0.154. The SMILES string of the molecule is CC(C)C[C@H](C(=O)OC(C)C)N1C(=O)[C@H]2[C@@H]3C[C@H]([C@@H](Br)[C@H]3Br)[C@@H]2C1=O. The van der Waals surface area contributed by atoms with Crippen molar-refractivity contribution in [3.05, 3.63) is 0 Å². The number of carbonyl (C=O) groups is 3. The van der Waals surface area contributed by atoms with Crippen molar-refractivity contribution in [3.8, 4) is 0 Å². The summed E-state index contributed by atoms with van der Waals surface area (Å²) in [4.78, 5) is 40.5. The molecule has 3 aliphatic rings. The Morgan fingerprint density at radius 2 is 1.56 bits per heavy atom. The lowest BCUT2D eigenvalue weighted by Crippen LogP contribution is -2.48. The lowest BCUT2D eigenvalue weighted by molar-refractivity contribution is -0.162. The average molecular weight is 479 g/mol. The predicted molar refractivity (Wildman–Crippen MR) is 100 cm³/mol. The minimum Gasteiger partial charge on any atom is -0.461 e. The summed E-state index contributed by atoms with van der Waals surface area (Å²) in [5.74, 6) is -0.938. The van der Waals surface area contributed by atoms with Crippen LogP contribution in [0.15, 0.2) is 0 Å². The number of amides is 2. The molecule has 2 bridgehead atoms. The predicted octanol–water partition coefficient (Wildman–Crippen LogP) is 3.13. The van der Waals surface area contributed by atoms with E-state index in [1.807, 2.05) is 13.8 Å². The van der Waals surface area contributed by atoms with Crippen molar-refractivity contribution >= 4 is 49.6 Å². The van der Waals surface area contributed by atoms with Gasteiger partial charge in [-0.25, -0.2) is 4.79 Å². The van der Waals surface area contributed by atoms with Gasteiger partial charge >= 0.3 is 5.97 Å². The Bertz CT molecular complexity index is 562. The number of carbonyl (C=O) groups excluding carboxylic acids is 3. The van der Waals surface area contributed by atoms with Crippen LogP contribution < -0.4 is 0 Å². The van der Waals surface area contributed by atoms with E-state index in [1.54, 1.807) is 13.8 Å². The van der Waals surface area contributed by atoms with E-state index >= 15 is 0 Å². The van der Waals surface area contributed by atoms with Crippen LogP contribution in [0.2, 0.25) is 0 Å². The van der Waals surface area contributed by atoms with Gasteiger partial charge < -0.3 is 4.74 Å². The van der Waals surface area contributed by atoms with Gasteiger partial charge in [0.05, 0.1) is 17.9 Å². The molecule has 2 saturated carbocycles. The van der Waals surface area contributed by atoms with Crippen molar-refractivity contribution in [1.29, 1.82) is 0 Å². The number of esters is 1. The third-order valence-corrected chi connectivity index (χ3v) is 8.86. The highest BCUT2D eigenvalue weighted by Crippen LogP contribution is 2.60. The molecule has 140 valence electrons. The standard InChI is InChI=1S/C18H25Br2NO4/c1-7(2)5-11(18(24)25-8(3)4)21-16(22)12-9-6-10(13(12)17(21)23)15(20)14(9)19/h7-15H,5-6H2,1-4H3/t9-,10-,11+,12-,13-,14-,15+/m0/s1. The fraction of sp³-hybridized carbons (Fsp3) is 0.833. The topological polar surface area (TPSA) is 63.7 Å². The maximum Gasteiger partial charge on any atom is 0.329 e. The number of hydrogen-bond acceptors (Lipinski definition) is 4. The molecule has 0 radical (unpaired) electrons. The zero-order valence-corrected chi connectivity index (χ0v) is 18.1. The van der Waals surface area contributed by atoms with Gasteiger partial charge in [-0.15, -0.1) is 0 Å². The zero-order valence-electron chi connectivity index (χ0n) is 14.9. The summed E-state index contributed by atoms with van der Waals surface area (Å²) in [6.45, 7) is 7.51. The molecule has 3 rings (SSSR count). The fourth-order valence-corrected chi connectivity index (χ4v) is 6.62. The summed E-state index contributed by atoms with van der Waals surface area (Å²) in [5, 5.41) is 0. The van der Waals surface area contributed by atoms with Crippen molar-refractivity contribution in [2.45, 2.75) is 62.3 Å². The van der Waals surface area contributed by atoms with Crippen molar-refractivity contribution in [2.24, 2.45) is 29.6 Å².